The minimum absolute atomic E-state index is 0.100. The van der Waals surface area contributed by atoms with Gasteiger partial charge in [-0.05, 0) is 6.42 Å². The first-order valence-electron chi connectivity index (χ1n) is 6.03. The van der Waals surface area contributed by atoms with Crippen LogP contribution in [-0.2, 0) is 14.3 Å². The average molecular weight is 298 g/mol. The summed E-state index contributed by atoms with van der Waals surface area (Å²) in [6, 6.07) is -0.629. The molecule has 2 unspecified atom stereocenters. The summed E-state index contributed by atoms with van der Waals surface area (Å²) in [5.74, 6) is -2.44. The molecule has 1 aliphatic rings. The van der Waals surface area contributed by atoms with E-state index in [-0.39, 0.29) is 26.1 Å². The zero-order chi connectivity index (χ0) is 15.3. The SMILES string of the molecule is COC(=O)CN1CC(NCC(F)(F)F)CC(C(=O)O)C1. The largest absolute Gasteiger partial charge is 0.481 e. The van der Waals surface area contributed by atoms with Gasteiger partial charge in [-0.3, -0.25) is 14.5 Å². The zero-order valence-electron chi connectivity index (χ0n) is 10.9. The summed E-state index contributed by atoms with van der Waals surface area (Å²) in [6.45, 7) is -1.02. The van der Waals surface area contributed by atoms with Crippen molar-refractivity contribution < 1.29 is 32.6 Å². The Morgan fingerprint density at radius 2 is 2.05 bits per heavy atom. The third kappa shape index (κ3) is 5.74. The van der Waals surface area contributed by atoms with Crippen molar-refractivity contribution in [2.24, 2.45) is 5.92 Å². The van der Waals surface area contributed by atoms with Crippen LogP contribution < -0.4 is 5.32 Å². The van der Waals surface area contributed by atoms with Crippen molar-refractivity contribution in [2.45, 2.75) is 18.6 Å². The molecule has 116 valence electrons. The number of rotatable bonds is 5. The summed E-state index contributed by atoms with van der Waals surface area (Å²) in [6.07, 6.45) is -4.26. The van der Waals surface area contributed by atoms with Gasteiger partial charge in [-0.25, -0.2) is 0 Å². The maximum absolute atomic E-state index is 12.2. The zero-order valence-corrected chi connectivity index (χ0v) is 10.9. The van der Waals surface area contributed by atoms with Crippen LogP contribution in [0, 0.1) is 5.92 Å². The predicted octanol–water partition coefficient (Wildman–Crippen LogP) is 0.0864. The molecule has 0 radical (unpaired) electrons. The molecule has 20 heavy (non-hydrogen) atoms. The van der Waals surface area contributed by atoms with Crippen LogP contribution in [-0.4, -0.2) is 67.5 Å². The molecule has 0 aromatic heterocycles. The molecule has 2 N–H and O–H groups in total. The van der Waals surface area contributed by atoms with Crippen LogP contribution in [0.3, 0.4) is 0 Å². The van der Waals surface area contributed by atoms with E-state index in [4.69, 9.17) is 5.11 Å². The van der Waals surface area contributed by atoms with Gasteiger partial charge in [0, 0.05) is 19.1 Å². The minimum atomic E-state index is -4.36. The molecule has 9 heteroatoms. The first kappa shape index (κ1) is 16.7. The first-order valence-corrected chi connectivity index (χ1v) is 6.03. The maximum atomic E-state index is 12.2. The summed E-state index contributed by atoms with van der Waals surface area (Å²) in [5, 5.41) is 11.3. The lowest BCUT2D eigenvalue weighted by atomic mass is 9.94. The number of alkyl halides is 3. The molecule has 1 fully saturated rings. The highest BCUT2D eigenvalue weighted by Gasteiger charge is 2.35. The van der Waals surface area contributed by atoms with Gasteiger partial charge in [0.1, 0.15) is 0 Å². The van der Waals surface area contributed by atoms with Gasteiger partial charge < -0.3 is 15.2 Å². The number of ether oxygens (including phenoxy) is 1. The summed E-state index contributed by atoms with van der Waals surface area (Å²) in [4.78, 5) is 23.7. The Morgan fingerprint density at radius 1 is 1.40 bits per heavy atom. The quantitative estimate of drug-likeness (QED) is 0.700. The van der Waals surface area contributed by atoms with Crippen molar-refractivity contribution >= 4 is 11.9 Å². The number of nitrogens with one attached hydrogen (secondary N) is 1. The van der Waals surface area contributed by atoms with Gasteiger partial charge in [0.2, 0.25) is 0 Å². The van der Waals surface area contributed by atoms with Gasteiger partial charge in [0.25, 0.3) is 0 Å². The number of esters is 1. The van der Waals surface area contributed by atoms with E-state index in [2.05, 4.69) is 10.1 Å². The molecule has 0 amide bonds. The number of carboxylic acid groups (broad SMARTS) is 1. The normalized spacial score (nSPS) is 24.4. The number of likely N-dealkylation sites (tertiary alicyclic amines) is 1. The van der Waals surface area contributed by atoms with Crippen LogP contribution in [0.5, 0.6) is 0 Å². The number of carboxylic acids is 1. The summed E-state index contributed by atoms with van der Waals surface area (Å²) < 4.78 is 41.0. The number of carbonyl (C=O) groups excluding carboxylic acids is 1. The number of hydrogen-bond acceptors (Lipinski definition) is 5. The minimum Gasteiger partial charge on any atom is -0.481 e. The highest BCUT2D eigenvalue weighted by Crippen LogP contribution is 2.19. The van der Waals surface area contributed by atoms with Gasteiger partial charge in [-0.1, -0.05) is 0 Å². The van der Waals surface area contributed by atoms with Gasteiger partial charge >= 0.3 is 18.1 Å². The molecular weight excluding hydrogens is 281 g/mol. The number of methoxy groups -OCH3 is 1. The third-order valence-corrected chi connectivity index (χ3v) is 3.05. The topological polar surface area (TPSA) is 78.9 Å². The second kappa shape index (κ2) is 6.89. The van der Waals surface area contributed by atoms with Crippen LogP contribution in [0.1, 0.15) is 6.42 Å². The Kier molecular flexibility index (Phi) is 5.75. The van der Waals surface area contributed by atoms with Gasteiger partial charge in [0.15, 0.2) is 0 Å². The van der Waals surface area contributed by atoms with E-state index in [1.165, 1.54) is 12.0 Å². The van der Waals surface area contributed by atoms with Crippen molar-refractivity contribution in [2.75, 3.05) is 33.3 Å². The highest BCUT2D eigenvalue weighted by molar-refractivity contribution is 5.72. The third-order valence-electron chi connectivity index (χ3n) is 3.05. The van der Waals surface area contributed by atoms with Crippen molar-refractivity contribution in [3.8, 4) is 0 Å². The molecule has 1 heterocycles. The van der Waals surface area contributed by atoms with E-state index in [0.717, 1.165) is 0 Å². The van der Waals surface area contributed by atoms with Gasteiger partial charge in [-0.15, -0.1) is 0 Å². The van der Waals surface area contributed by atoms with E-state index >= 15 is 0 Å². The van der Waals surface area contributed by atoms with Crippen LogP contribution in [0.25, 0.3) is 0 Å². The smallest absolute Gasteiger partial charge is 0.401 e. The van der Waals surface area contributed by atoms with Crippen LogP contribution in [0.15, 0.2) is 0 Å². The predicted molar refractivity (Wildman–Crippen MR) is 62.0 cm³/mol. The molecule has 0 aromatic carbocycles. The molecule has 0 bridgehead atoms. The fraction of sp³-hybridized carbons (Fsp3) is 0.818. The Morgan fingerprint density at radius 3 is 2.55 bits per heavy atom. The number of carbonyl (C=O) groups is 2. The van der Waals surface area contributed by atoms with Crippen LogP contribution in [0.2, 0.25) is 0 Å². The fourth-order valence-electron chi connectivity index (χ4n) is 2.15. The van der Waals surface area contributed by atoms with Gasteiger partial charge in [0.05, 0.1) is 26.1 Å². The molecular formula is C11H17F3N2O4. The van der Waals surface area contributed by atoms with E-state index in [1.54, 1.807) is 0 Å². The number of aliphatic carboxylic acids is 1. The molecule has 1 saturated heterocycles. The van der Waals surface area contributed by atoms with Gasteiger partial charge in [-0.2, -0.15) is 13.2 Å². The standard InChI is InChI=1S/C11H17F3N2O4/c1-20-9(17)5-16-3-7(10(18)19)2-8(4-16)15-6-11(12,13)14/h7-8,15H,2-6H2,1H3,(H,18,19). The van der Waals surface area contributed by atoms with E-state index in [9.17, 15) is 22.8 Å². The Balaban J connectivity index is 2.60. The number of halogens is 3. The lowest BCUT2D eigenvalue weighted by Crippen LogP contribution is -2.53. The summed E-state index contributed by atoms with van der Waals surface area (Å²) >= 11 is 0. The van der Waals surface area contributed by atoms with E-state index in [0.29, 0.717) is 0 Å². The lowest BCUT2D eigenvalue weighted by Gasteiger charge is -2.36. The molecule has 1 aliphatic heterocycles. The maximum Gasteiger partial charge on any atom is 0.401 e. The Hall–Kier alpha value is -1.35. The van der Waals surface area contributed by atoms with E-state index < -0.39 is 36.6 Å². The first-order chi connectivity index (χ1) is 9.21. The fourth-order valence-corrected chi connectivity index (χ4v) is 2.15. The number of piperidine rings is 1. The average Bonchev–Trinajstić information content (AvgIpc) is 2.35. The van der Waals surface area contributed by atoms with Crippen LogP contribution >= 0.6 is 0 Å². The number of nitrogens with zero attached hydrogens (tertiary/aromatic N) is 1. The van der Waals surface area contributed by atoms with Crippen molar-refractivity contribution in [3.63, 3.8) is 0 Å². The highest BCUT2D eigenvalue weighted by atomic mass is 19.4. The molecule has 0 aliphatic carbocycles. The monoisotopic (exact) mass is 298 g/mol. The molecule has 2 atom stereocenters. The molecule has 0 spiro atoms. The number of hydrogen-bond donors (Lipinski definition) is 2. The van der Waals surface area contributed by atoms with Crippen molar-refractivity contribution in [3.05, 3.63) is 0 Å². The van der Waals surface area contributed by atoms with Crippen molar-refractivity contribution in [1.29, 1.82) is 0 Å². The summed E-state index contributed by atoms with van der Waals surface area (Å²) in [7, 11) is 1.19. The second-order valence-corrected chi connectivity index (χ2v) is 4.73. The lowest BCUT2D eigenvalue weighted by molar-refractivity contribution is -0.148. The molecule has 1 rings (SSSR count). The van der Waals surface area contributed by atoms with Crippen molar-refractivity contribution in [1.82, 2.24) is 10.2 Å². The second-order valence-electron chi connectivity index (χ2n) is 4.73. The Bertz CT molecular complexity index is 362. The molecule has 6 nitrogen and oxygen atoms in total. The summed E-state index contributed by atoms with van der Waals surface area (Å²) in [5.41, 5.74) is 0. The van der Waals surface area contributed by atoms with Crippen LogP contribution in [0.4, 0.5) is 13.2 Å². The molecule has 0 aromatic rings. The Labute approximate surface area is 113 Å². The van der Waals surface area contributed by atoms with E-state index in [1.807, 2.05) is 0 Å². The molecule has 0 saturated carbocycles.